The normalized spacial score (nSPS) is 20.1. The number of rotatable bonds is 5. The van der Waals surface area contributed by atoms with Gasteiger partial charge in [0.25, 0.3) is 0 Å². The highest BCUT2D eigenvalue weighted by molar-refractivity contribution is 5.75. The van der Waals surface area contributed by atoms with Crippen LogP contribution in [-0.4, -0.2) is 31.9 Å². The maximum atomic E-state index is 10.6. The molecule has 2 unspecified atom stereocenters. The van der Waals surface area contributed by atoms with E-state index in [-0.39, 0.29) is 25.4 Å². The molecule has 1 N–H and O–H groups in total. The number of methoxy groups -OCH3 is 1. The predicted molar refractivity (Wildman–Crippen MR) is 93.9 cm³/mol. The zero-order valence-electron chi connectivity index (χ0n) is 14.2. The molecule has 2 heterocycles. The number of fused-ring (bicyclic) bond motifs is 2. The van der Waals surface area contributed by atoms with E-state index in [1.807, 2.05) is 24.3 Å². The molecule has 2 atom stereocenters. The maximum absolute atomic E-state index is 10.6. The first-order valence-corrected chi connectivity index (χ1v) is 8.26. The fourth-order valence-electron chi connectivity index (χ4n) is 3.40. The van der Waals surface area contributed by atoms with Crippen molar-refractivity contribution in [2.75, 3.05) is 20.5 Å². The number of hydrogen-bond donors (Lipinski definition) is 1. The third-order valence-corrected chi connectivity index (χ3v) is 4.62. The molecule has 26 heavy (non-hydrogen) atoms. The minimum Gasteiger partial charge on any atom is -0.493 e. The maximum Gasteiger partial charge on any atom is 0.231 e. The van der Waals surface area contributed by atoms with Crippen molar-refractivity contribution in [2.45, 2.75) is 12.0 Å². The van der Waals surface area contributed by atoms with Crippen LogP contribution in [0.15, 0.2) is 36.4 Å². The van der Waals surface area contributed by atoms with Crippen molar-refractivity contribution in [1.29, 1.82) is 0 Å². The van der Waals surface area contributed by atoms with Gasteiger partial charge in [0.1, 0.15) is 12.4 Å². The molecule has 6 heteroatoms. The SMILES string of the molecule is COc1cc(C=CC=O)cc2c1OC(c1ccc3c(c1)OCO3)C2CO. The Hall–Kier alpha value is -2.99. The van der Waals surface area contributed by atoms with Crippen molar-refractivity contribution in [2.24, 2.45) is 0 Å². The van der Waals surface area contributed by atoms with Gasteiger partial charge in [0.05, 0.1) is 19.6 Å². The Bertz CT molecular complexity index is 873. The van der Waals surface area contributed by atoms with Crippen LogP contribution in [0.4, 0.5) is 0 Å². The Balaban J connectivity index is 1.75. The molecule has 0 spiro atoms. The van der Waals surface area contributed by atoms with Gasteiger partial charge in [-0.15, -0.1) is 0 Å². The van der Waals surface area contributed by atoms with E-state index in [0.29, 0.717) is 23.0 Å². The number of carbonyl (C=O) groups excluding carboxylic acids is 1. The Morgan fingerprint density at radius 1 is 1.23 bits per heavy atom. The topological polar surface area (TPSA) is 74.2 Å². The molecule has 6 nitrogen and oxygen atoms in total. The van der Waals surface area contributed by atoms with E-state index >= 15 is 0 Å². The van der Waals surface area contributed by atoms with Crippen LogP contribution in [0.1, 0.15) is 28.7 Å². The number of aliphatic hydroxyl groups is 1. The molecule has 0 amide bonds. The minimum atomic E-state index is -0.372. The van der Waals surface area contributed by atoms with E-state index in [1.54, 1.807) is 19.3 Å². The molecule has 2 aliphatic heterocycles. The zero-order chi connectivity index (χ0) is 18.1. The molecule has 0 bridgehead atoms. The molecule has 134 valence electrons. The molecule has 0 saturated carbocycles. The van der Waals surface area contributed by atoms with Crippen molar-refractivity contribution in [3.8, 4) is 23.0 Å². The van der Waals surface area contributed by atoms with E-state index in [4.69, 9.17) is 18.9 Å². The Morgan fingerprint density at radius 3 is 2.85 bits per heavy atom. The summed E-state index contributed by atoms with van der Waals surface area (Å²) < 4.78 is 22.4. The quantitative estimate of drug-likeness (QED) is 0.657. The van der Waals surface area contributed by atoms with Gasteiger partial charge in [0.15, 0.2) is 23.0 Å². The lowest BCUT2D eigenvalue weighted by Crippen LogP contribution is -2.13. The first-order chi connectivity index (χ1) is 12.7. The monoisotopic (exact) mass is 354 g/mol. The zero-order valence-corrected chi connectivity index (χ0v) is 14.2. The second-order valence-corrected chi connectivity index (χ2v) is 6.08. The molecular weight excluding hydrogens is 336 g/mol. The van der Waals surface area contributed by atoms with Crippen LogP contribution in [-0.2, 0) is 4.79 Å². The number of aldehydes is 1. The lowest BCUT2D eigenvalue weighted by molar-refractivity contribution is -0.104. The third kappa shape index (κ3) is 2.68. The van der Waals surface area contributed by atoms with Crippen LogP contribution in [0, 0.1) is 0 Å². The highest BCUT2D eigenvalue weighted by Crippen LogP contribution is 2.51. The number of hydrogen-bond acceptors (Lipinski definition) is 6. The summed E-state index contributed by atoms with van der Waals surface area (Å²) in [6.07, 6.45) is 3.46. The van der Waals surface area contributed by atoms with Crippen LogP contribution in [0.2, 0.25) is 0 Å². The third-order valence-electron chi connectivity index (χ3n) is 4.62. The number of benzene rings is 2. The minimum absolute atomic E-state index is 0.0872. The standard InChI is InChI=1S/C20H18O6/c1-23-18-8-12(3-2-6-21)7-14-15(10-22)19(26-20(14)18)13-4-5-16-17(9-13)25-11-24-16/h2-9,15,19,22H,10-11H2,1H3. The fourth-order valence-corrected chi connectivity index (χ4v) is 3.40. The second kappa shape index (κ2) is 6.72. The van der Waals surface area contributed by atoms with Gasteiger partial charge in [0.2, 0.25) is 6.79 Å². The largest absolute Gasteiger partial charge is 0.493 e. The molecule has 2 aromatic rings. The molecular formula is C20H18O6. The highest BCUT2D eigenvalue weighted by atomic mass is 16.7. The van der Waals surface area contributed by atoms with Crippen LogP contribution >= 0.6 is 0 Å². The Kier molecular flexibility index (Phi) is 4.26. The smallest absolute Gasteiger partial charge is 0.231 e. The summed E-state index contributed by atoms with van der Waals surface area (Å²) in [6.45, 7) is 0.115. The summed E-state index contributed by atoms with van der Waals surface area (Å²) in [5, 5.41) is 10.0. The van der Waals surface area contributed by atoms with Crippen molar-refractivity contribution >= 4 is 12.4 Å². The molecule has 0 saturated heterocycles. The molecule has 0 aromatic heterocycles. The van der Waals surface area contributed by atoms with Crippen LogP contribution < -0.4 is 18.9 Å². The van der Waals surface area contributed by atoms with Gasteiger partial charge < -0.3 is 24.1 Å². The average molecular weight is 354 g/mol. The Labute approximate surface area is 150 Å². The van der Waals surface area contributed by atoms with Gasteiger partial charge in [-0.2, -0.15) is 0 Å². The van der Waals surface area contributed by atoms with Crippen molar-refractivity contribution < 1.29 is 28.8 Å². The fraction of sp³-hybridized carbons (Fsp3) is 0.250. The van der Waals surface area contributed by atoms with Gasteiger partial charge in [-0.25, -0.2) is 0 Å². The van der Waals surface area contributed by atoms with Crippen molar-refractivity contribution in [1.82, 2.24) is 0 Å². The molecule has 0 aliphatic carbocycles. The van der Waals surface area contributed by atoms with Crippen LogP contribution in [0.3, 0.4) is 0 Å². The molecule has 0 radical (unpaired) electrons. The van der Waals surface area contributed by atoms with Gasteiger partial charge in [-0.1, -0.05) is 12.1 Å². The lowest BCUT2D eigenvalue weighted by atomic mass is 9.90. The van der Waals surface area contributed by atoms with Gasteiger partial charge in [-0.3, -0.25) is 4.79 Å². The number of allylic oxidation sites excluding steroid dienone is 1. The first-order valence-electron chi connectivity index (χ1n) is 8.26. The highest BCUT2D eigenvalue weighted by Gasteiger charge is 2.38. The first kappa shape index (κ1) is 16.5. The summed E-state index contributed by atoms with van der Waals surface area (Å²) in [4.78, 5) is 10.6. The average Bonchev–Trinajstić information content (AvgIpc) is 3.28. The van der Waals surface area contributed by atoms with Crippen molar-refractivity contribution in [3.63, 3.8) is 0 Å². The van der Waals surface area contributed by atoms with E-state index in [2.05, 4.69) is 0 Å². The van der Waals surface area contributed by atoms with Crippen molar-refractivity contribution in [3.05, 3.63) is 53.1 Å². The molecule has 2 aromatic carbocycles. The van der Waals surface area contributed by atoms with Crippen LogP contribution in [0.5, 0.6) is 23.0 Å². The summed E-state index contributed by atoms with van der Waals surface area (Å²) in [7, 11) is 1.56. The van der Waals surface area contributed by atoms with Crippen LogP contribution in [0.25, 0.3) is 6.08 Å². The predicted octanol–water partition coefficient (Wildman–Crippen LogP) is 2.85. The molecule has 4 rings (SSSR count). The molecule has 0 fully saturated rings. The Morgan fingerprint density at radius 2 is 2.08 bits per heavy atom. The van der Waals surface area contributed by atoms with Gasteiger partial charge >= 0.3 is 0 Å². The summed E-state index contributed by atoms with van der Waals surface area (Å²) in [5.74, 6) is 2.28. The van der Waals surface area contributed by atoms with E-state index in [9.17, 15) is 9.90 Å². The second-order valence-electron chi connectivity index (χ2n) is 6.08. The van der Waals surface area contributed by atoms with Gasteiger partial charge in [-0.05, 0) is 41.5 Å². The number of aliphatic hydroxyl groups excluding tert-OH is 1. The van der Waals surface area contributed by atoms with Gasteiger partial charge in [0, 0.05) is 5.56 Å². The van der Waals surface area contributed by atoms with E-state index in [0.717, 1.165) is 23.0 Å². The summed E-state index contributed by atoms with van der Waals surface area (Å²) >= 11 is 0. The lowest BCUT2D eigenvalue weighted by Gasteiger charge is -2.18. The van der Waals surface area contributed by atoms with E-state index < -0.39 is 0 Å². The number of carbonyl (C=O) groups is 1. The summed E-state index contributed by atoms with van der Waals surface area (Å²) in [5.41, 5.74) is 2.54. The van der Waals surface area contributed by atoms with E-state index in [1.165, 1.54) is 6.08 Å². The molecule has 2 aliphatic rings. The number of ether oxygens (including phenoxy) is 4. The summed E-state index contributed by atoms with van der Waals surface area (Å²) in [6, 6.07) is 9.34.